The molecule has 1 aromatic rings. The SMILES string of the molecule is CCN(C)CCNS(=O)(=O)c1ccc(Br)cc1N. The molecule has 0 amide bonds. The maximum absolute atomic E-state index is 12.0. The van der Waals surface area contributed by atoms with Gasteiger partial charge in [0.05, 0.1) is 5.69 Å². The van der Waals surface area contributed by atoms with E-state index in [-0.39, 0.29) is 10.6 Å². The molecule has 0 heterocycles. The van der Waals surface area contributed by atoms with Gasteiger partial charge in [-0.05, 0) is 31.8 Å². The highest BCUT2D eigenvalue weighted by Gasteiger charge is 2.16. The lowest BCUT2D eigenvalue weighted by Gasteiger charge is -2.14. The van der Waals surface area contributed by atoms with Gasteiger partial charge < -0.3 is 10.6 Å². The summed E-state index contributed by atoms with van der Waals surface area (Å²) in [6, 6.07) is 4.72. The van der Waals surface area contributed by atoms with Crippen LogP contribution in [0.3, 0.4) is 0 Å². The van der Waals surface area contributed by atoms with E-state index in [0.717, 1.165) is 11.0 Å². The summed E-state index contributed by atoms with van der Waals surface area (Å²) >= 11 is 3.24. The van der Waals surface area contributed by atoms with E-state index in [1.807, 2.05) is 18.9 Å². The van der Waals surface area contributed by atoms with E-state index in [2.05, 4.69) is 20.7 Å². The average Bonchev–Trinajstić information content (AvgIpc) is 2.27. The number of hydrogen-bond donors (Lipinski definition) is 2. The zero-order chi connectivity index (χ0) is 13.8. The van der Waals surface area contributed by atoms with E-state index < -0.39 is 10.0 Å². The van der Waals surface area contributed by atoms with Crippen LogP contribution in [0.1, 0.15) is 6.92 Å². The first kappa shape index (κ1) is 15.4. The van der Waals surface area contributed by atoms with Gasteiger partial charge in [0.1, 0.15) is 4.90 Å². The Morgan fingerprint density at radius 3 is 2.67 bits per heavy atom. The zero-order valence-electron chi connectivity index (χ0n) is 10.5. The highest BCUT2D eigenvalue weighted by Crippen LogP contribution is 2.22. The molecule has 0 aromatic heterocycles. The third-order valence-electron chi connectivity index (χ3n) is 2.59. The van der Waals surface area contributed by atoms with Crippen molar-refractivity contribution in [3.63, 3.8) is 0 Å². The van der Waals surface area contributed by atoms with E-state index in [1.54, 1.807) is 12.1 Å². The van der Waals surface area contributed by atoms with Crippen molar-refractivity contribution >= 4 is 31.6 Å². The predicted octanol–water partition coefficient (Wildman–Crippen LogP) is 1.26. The number of anilines is 1. The fraction of sp³-hybridized carbons (Fsp3) is 0.455. The molecule has 0 saturated carbocycles. The average molecular weight is 336 g/mol. The van der Waals surface area contributed by atoms with E-state index in [4.69, 9.17) is 5.73 Å². The molecule has 3 N–H and O–H groups in total. The molecule has 1 aromatic carbocycles. The molecular weight excluding hydrogens is 318 g/mol. The first-order valence-corrected chi connectivity index (χ1v) is 7.87. The fourth-order valence-corrected chi connectivity index (χ4v) is 2.88. The van der Waals surface area contributed by atoms with Gasteiger partial charge in [-0.2, -0.15) is 0 Å². The van der Waals surface area contributed by atoms with Crippen LogP contribution in [0.4, 0.5) is 5.69 Å². The molecule has 0 aliphatic heterocycles. The van der Waals surface area contributed by atoms with Crippen molar-refractivity contribution in [3.8, 4) is 0 Å². The Kier molecular flexibility index (Phi) is 5.58. The van der Waals surface area contributed by atoms with Gasteiger partial charge in [-0.1, -0.05) is 22.9 Å². The standard InChI is InChI=1S/C11H18BrN3O2S/c1-3-15(2)7-6-14-18(16,17)11-5-4-9(12)8-10(11)13/h4-5,8,14H,3,6-7,13H2,1-2H3. The van der Waals surface area contributed by atoms with E-state index >= 15 is 0 Å². The Morgan fingerprint density at radius 1 is 1.44 bits per heavy atom. The highest BCUT2D eigenvalue weighted by atomic mass is 79.9. The Labute approximate surface area is 117 Å². The molecule has 1 rings (SSSR count). The van der Waals surface area contributed by atoms with Crippen LogP contribution in [0.15, 0.2) is 27.6 Å². The summed E-state index contributed by atoms with van der Waals surface area (Å²) in [6.45, 7) is 3.91. The van der Waals surface area contributed by atoms with Crippen molar-refractivity contribution in [2.24, 2.45) is 0 Å². The minimum atomic E-state index is -3.53. The number of sulfonamides is 1. The summed E-state index contributed by atoms with van der Waals surface area (Å²) in [4.78, 5) is 2.14. The van der Waals surface area contributed by atoms with Gasteiger partial charge in [-0.25, -0.2) is 13.1 Å². The quantitative estimate of drug-likeness (QED) is 0.767. The van der Waals surface area contributed by atoms with Crippen molar-refractivity contribution < 1.29 is 8.42 Å². The van der Waals surface area contributed by atoms with Gasteiger partial charge >= 0.3 is 0 Å². The Hall–Kier alpha value is -0.630. The number of rotatable bonds is 6. The maximum Gasteiger partial charge on any atom is 0.242 e. The molecule has 0 atom stereocenters. The first-order chi connectivity index (χ1) is 8.36. The summed E-state index contributed by atoms with van der Waals surface area (Å²) in [5, 5.41) is 0. The molecule has 0 spiro atoms. The molecule has 0 unspecified atom stereocenters. The maximum atomic E-state index is 12.0. The van der Waals surface area contributed by atoms with Gasteiger partial charge in [0.25, 0.3) is 0 Å². The summed E-state index contributed by atoms with van der Waals surface area (Å²) in [5.41, 5.74) is 5.94. The molecule has 0 bridgehead atoms. The summed E-state index contributed by atoms with van der Waals surface area (Å²) in [5.74, 6) is 0. The number of halogens is 1. The van der Waals surface area contributed by atoms with Gasteiger partial charge in [0, 0.05) is 17.6 Å². The number of nitrogen functional groups attached to an aromatic ring is 1. The molecule has 0 aliphatic carbocycles. The third kappa shape index (κ3) is 4.24. The highest BCUT2D eigenvalue weighted by molar-refractivity contribution is 9.10. The second-order valence-electron chi connectivity index (χ2n) is 3.98. The van der Waals surface area contributed by atoms with Gasteiger partial charge in [-0.15, -0.1) is 0 Å². The van der Waals surface area contributed by atoms with E-state index in [1.165, 1.54) is 6.07 Å². The minimum Gasteiger partial charge on any atom is -0.398 e. The lowest BCUT2D eigenvalue weighted by atomic mass is 10.3. The van der Waals surface area contributed by atoms with Crippen molar-refractivity contribution in [2.75, 3.05) is 32.4 Å². The Balaban J connectivity index is 2.74. The van der Waals surface area contributed by atoms with Crippen LogP contribution in [0.25, 0.3) is 0 Å². The molecule has 0 aliphatic rings. The van der Waals surface area contributed by atoms with Crippen LogP contribution in [0.5, 0.6) is 0 Å². The Morgan fingerprint density at radius 2 is 2.11 bits per heavy atom. The van der Waals surface area contributed by atoms with Crippen molar-refractivity contribution in [1.29, 1.82) is 0 Å². The number of nitrogens with zero attached hydrogens (tertiary/aromatic N) is 1. The smallest absolute Gasteiger partial charge is 0.242 e. The van der Waals surface area contributed by atoms with Crippen molar-refractivity contribution in [1.82, 2.24) is 9.62 Å². The second-order valence-corrected chi connectivity index (χ2v) is 6.63. The van der Waals surface area contributed by atoms with Gasteiger partial charge in [0.15, 0.2) is 0 Å². The third-order valence-corrected chi connectivity index (χ3v) is 4.62. The van der Waals surface area contributed by atoms with E-state index in [0.29, 0.717) is 13.1 Å². The zero-order valence-corrected chi connectivity index (χ0v) is 12.9. The molecule has 0 radical (unpaired) electrons. The van der Waals surface area contributed by atoms with Gasteiger partial charge in [0.2, 0.25) is 10.0 Å². The molecular formula is C11H18BrN3O2S. The number of hydrogen-bond acceptors (Lipinski definition) is 4. The van der Waals surface area contributed by atoms with Crippen LogP contribution < -0.4 is 10.5 Å². The van der Waals surface area contributed by atoms with Crippen LogP contribution in [0, 0.1) is 0 Å². The monoisotopic (exact) mass is 335 g/mol. The number of benzene rings is 1. The Bertz CT molecular complexity index is 505. The van der Waals surface area contributed by atoms with Crippen LogP contribution >= 0.6 is 15.9 Å². The second kappa shape index (κ2) is 6.51. The number of nitrogens with two attached hydrogens (primary N) is 1. The predicted molar refractivity (Wildman–Crippen MR) is 76.9 cm³/mol. The van der Waals surface area contributed by atoms with Crippen LogP contribution in [0.2, 0.25) is 0 Å². The molecule has 18 heavy (non-hydrogen) atoms. The number of nitrogens with one attached hydrogen (secondary N) is 1. The van der Waals surface area contributed by atoms with Gasteiger partial charge in [-0.3, -0.25) is 0 Å². The van der Waals surface area contributed by atoms with Crippen molar-refractivity contribution in [2.45, 2.75) is 11.8 Å². The topological polar surface area (TPSA) is 75.4 Å². The molecule has 7 heteroatoms. The van der Waals surface area contributed by atoms with Crippen LogP contribution in [-0.4, -0.2) is 40.0 Å². The largest absolute Gasteiger partial charge is 0.398 e. The summed E-state index contributed by atoms with van der Waals surface area (Å²) < 4.78 is 27.3. The first-order valence-electron chi connectivity index (χ1n) is 5.60. The van der Waals surface area contributed by atoms with Crippen LogP contribution in [-0.2, 0) is 10.0 Å². The van der Waals surface area contributed by atoms with Crippen molar-refractivity contribution in [3.05, 3.63) is 22.7 Å². The lowest BCUT2D eigenvalue weighted by Crippen LogP contribution is -2.33. The molecule has 5 nitrogen and oxygen atoms in total. The minimum absolute atomic E-state index is 0.116. The normalized spacial score (nSPS) is 12.0. The fourth-order valence-electron chi connectivity index (χ4n) is 1.37. The number of likely N-dealkylation sites (N-methyl/N-ethyl adjacent to an activating group) is 1. The lowest BCUT2D eigenvalue weighted by molar-refractivity contribution is 0.358. The molecule has 0 fully saturated rings. The summed E-state index contributed by atoms with van der Waals surface area (Å²) in [6.07, 6.45) is 0. The molecule has 102 valence electrons. The van der Waals surface area contributed by atoms with E-state index in [9.17, 15) is 8.42 Å². The molecule has 0 saturated heterocycles. The summed E-state index contributed by atoms with van der Waals surface area (Å²) in [7, 11) is -1.60.